The molecule has 0 aliphatic carbocycles. The van der Waals surface area contributed by atoms with E-state index in [1.54, 1.807) is 0 Å². The molecule has 0 aliphatic heterocycles. The summed E-state index contributed by atoms with van der Waals surface area (Å²) in [6.45, 7) is 6.77. The minimum Gasteiger partial charge on any atom is -0.361 e. The highest BCUT2D eigenvalue weighted by Crippen LogP contribution is 2.27. The number of aryl methyl sites for hydroxylation is 1. The zero-order chi connectivity index (χ0) is 24.7. The molecule has 2 aromatic heterocycles. The first-order valence-electron chi connectivity index (χ1n) is 12.2. The number of aromatic amines is 2. The van der Waals surface area contributed by atoms with Crippen molar-refractivity contribution in [1.82, 2.24) is 29.8 Å². The minimum absolute atomic E-state index is 0.0784. The van der Waals surface area contributed by atoms with Gasteiger partial charge in [0.2, 0.25) is 10.0 Å². The van der Waals surface area contributed by atoms with Crippen LogP contribution in [0.25, 0.3) is 22.3 Å². The van der Waals surface area contributed by atoms with Crippen LogP contribution in [-0.2, 0) is 16.4 Å². The number of fused-ring (bicyclic) bond motifs is 1. The Balaban J connectivity index is 1.53. The molecule has 0 fully saturated rings. The zero-order valence-electron chi connectivity index (χ0n) is 20.4. The van der Waals surface area contributed by atoms with E-state index in [-0.39, 0.29) is 5.75 Å². The van der Waals surface area contributed by atoms with E-state index in [0.717, 1.165) is 48.1 Å². The fourth-order valence-corrected chi connectivity index (χ4v) is 5.62. The first-order valence-corrected chi connectivity index (χ1v) is 13.9. The fourth-order valence-electron chi connectivity index (χ4n) is 4.33. The van der Waals surface area contributed by atoms with Crippen LogP contribution in [0, 0.1) is 0 Å². The van der Waals surface area contributed by atoms with Crippen molar-refractivity contribution in [2.24, 2.45) is 0 Å². The lowest BCUT2D eigenvalue weighted by Gasteiger charge is -2.19. The maximum atomic E-state index is 13.0. The lowest BCUT2D eigenvalue weighted by molar-refractivity contribution is 0.304. The Morgan fingerprint density at radius 3 is 2.60 bits per heavy atom. The summed E-state index contributed by atoms with van der Waals surface area (Å²) in [7, 11) is -3.50. The maximum Gasteiger partial charge on any atom is 0.212 e. The molecule has 2 heterocycles. The molecule has 0 saturated carbocycles. The smallest absolute Gasteiger partial charge is 0.212 e. The van der Waals surface area contributed by atoms with Gasteiger partial charge >= 0.3 is 0 Å². The molecular formula is C26H34N6O2S. The van der Waals surface area contributed by atoms with Crippen molar-refractivity contribution in [3.05, 3.63) is 72.2 Å². The Labute approximate surface area is 207 Å². The highest BCUT2D eigenvalue weighted by molar-refractivity contribution is 7.89. The number of sulfonamides is 1. The van der Waals surface area contributed by atoms with E-state index >= 15 is 0 Å². The molecule has 4 rings (SSSR count). The third-order valence-electron chi connectivity index (χ3n) is 6.34. The van der Waals surface area contributed by atoms with E-state index in [4.69, 9.17) is 4.98 Å². The Morgan fingerprint density at radius 1 is 1.03 bits per heavy atom. The first-order chi connectivity index (χ1) is 17.0. The molecule has 8 nitrogen and oxygen atoms in total. The van der Waals surface area contributed by atoms with Crippen LogP contribution in [0.1, 0.15) is 44.1 Å². The van der Waals surface area contributed by atoms with Crippen molar-refractivity contribution in [2.45, 2.75) is 39.2 Å². The van der Waals surface area contributed by atoms with Gasteiger partial charge in [0.05, 0.1) is 11.8 Å². The standard InChI is InChI=1S/C26H34N6O2S/c1-3-32(4-2)18-9-19-35(33,34)31-24(15-14-20-10-6-5-7-11-20)26-28-25(29-30-26)22-12-8-13-23-21(22)16-17-27-23/h5-8,10-13,16-17,24,27,31H,3-4,9,14-15,18-19H2,1-2H3,(H,28,29,30)/t24-/m1/s1. The number of aromatic nitrogens is 4. The Kier molecular flexibility index (Phi) is 8.33. The lowest BCUT2D eigenvalue weighted by Crippen LogP contribution is -2.33. The molecule has 0 saturated heterocycles. The molecule has 0 radical (unpaired) electrons. The molecule has 0 amide bonds. The molecule has 0 unspecified atom stereocenters. The quantitative estimate of drug-likeness (QED) is 0.257. The second kappa shape index (κ2) is 11.6. The van der Waals surface area contributed by atoms with E-state index < -0.39 is 16.1 Å². The van der Waals surface area contributed by atoms with Gasteiger partial charge in [-0.05, 0) is 56.6 Å². The summed E-state index contributed by atoms with van der Waals surface area (Å²) in [5.74, 6) is 1.15. The Hall–Kier alpha value is -3.01. The number of nitrogens with zero attached hydrogens (tertiary/aromatic N) is 3. The van der Waals surface area contributed by atoms with Crippen LogP contribution in [0.5, 0.6) is 0 Å². The van der Waals surface area contributed by atoms with E-state index in [0.29, 0.717) is 24.5 Å². The highest BCUT2D eigenvalue weighted by Gasteiger charge is 2.23. The summed E-state index contributed by atoms with van der Waals surface area (Å²) in [6, 6.07) is 17.5. The predicted octanol–water partition coefficient (Wildman–Crippen LogP) is 4.28. The lowest BCUT2D eigenvalue weighted by atomic mass is 10.1. The predicted molar refractivity (Wildman–Crippen MR) is 141 cm³/mol. The summed E-state index contributed by atoms with van der Waals surface area (Å²) in [5.41, 5.74) is 3.05. The molecule has 0 spiro atoms. The molecule has 3 N–H and O–H groups in total. The van der Waals surface area contributed by atoms with Gasteiger partial charge in [0, 0.05) is 22.7 Å². The minimum atomic E-state index is -3.50. The summed E-state index contributed by atoms with van der Waals surface area (Å²) in [6.07, 6.45) is 3.76. The van der Waals surface area contributed by atoms with Crippen molar-refractivity contribution >= 4 is 20.9 Å². The zero-order valence-corrected chi connectivity index (χ0v) is 21.2. The fraction of sp³-hybridized carbons (Fsp3) is 0.385. The van der Waals surface area contributed by atoms with Crippen molar-refractivity contribution in [3.63, 3.8) is 0 Å². The molecular weight excluding hydrogens is 460 g/mol. The van der Waals surface area contributed by atoms with Crippen LogP contribution in [0.2, 0.25) is 0 Å². The molecule has 2 aromatic carbocycles. The van der Waals surface area contributed by atoms with Crippen LogP contribution in [0.15, 0.2) is 60.8 Å². The summed E-state index contributed by atoms with van der Waals surface area (Å²) >= 11 is 0. The van der Waals surface area contributed by atoms with Crippen LogP contribution >= 0.6 is 0 Å². The molecule has 1 atom stereocenters. The normalized spacial score (nSPS) is 13.0. The average Bonchev–Trinajstić information content (AvgIpc) is 3.55. The second-order valence-electron chi connectivity index (χ2n) is 8.68. The molecule has 9 heteroatoms. The summed E-state index contributed by atoms with van der Waals surface area (Å²) in [4.78, 5) is 10.2. The van der Waals surface area contributed by atoms with E-state index in [1.165, 1.54) is 0 Å². The number of nitrogens with one attached hydrogen (secondary N) is 3. The van der Waals surface area contributed by atoms with Gasteiger partial charge in [-0.2, -0.15) is 5.10 Å². The SMILES string of the molecule is CCN(CC)CCCS(=O)(=O)N[C@H](CCc1ccccc1)c1nc(-c2cccc3[nH]ccc23)n[nH]1. The van der Waals surface area contributed by atoms with Gasteiger partial charge in [-0.1, -0.05) is 56.3 Å². The summed E-state index contributed by atoms with van der Waals surface area (Å²) in [5, 5.41) is 8.47. The third kappa shape index (κ3) is 6.56. The number of hydrogen-bond acceptors (Lipinski definition) is 5. The number of benzene rings is 2. The molecule has 186 valence electrons. The van der Waals surface area contributed by atoms with Crippen LogP contribution < -0.4 is 4.72 Å². The molecule has 35 heavy (non-hydrogen) atoms. The topological polar surface area (TPSA) is 107 Å². The monoisotopic (exact) mass is 494 g/mol. The van der Waals surface area contributed by atoms with Gasteiger partial charge in [-0.25, -0.2) is 18.1 Å². The first kappa shape index (κ1) is 25.1. The number of H-pyrrole nitrogens is 2. The largest absolute Gasteiger partial charge is 0.361 e. The Bertz CT molecular complexity index is 1310. The molecule has 0 aliphatic rings. The van der Waals surface area contributed by atoms with Gasteiger partial charge in [0.15, 0.2) is 5.82 Å². The van der Waals surface area contributed by atoms with Crippen LogP contribution in [0.3, 0.4) is 0 Å². The Morgan fingerprint density at radius 2 is 1.83 bits per heavy atom. The van der Waals surface area contributed by atoms with Gasteiger partial charge in [-0.15, -0.1) is 0 Å². The van der Waals surface area contributed by atoms with Crippen molar-refractivity contribution in [1.29, 1.82) is 0 Å². The molecule has 0 bridgehead atoms. The molecule has 4 aromatic rings. The van der Waals surface area contributed by atoms with Gasteiger partial charge < -0.3 is 9.88 Å². The van der Waals surface area contributed by atoms with E-state index in [2.05, 4.69) is 38.7 Å². The maximum absolute atomic E-state index is 13.0. The van der Waals surface area contributed by atoms with Crippen molar-refractivity contribution in [2.75, 3.05) is 25.4 Å². The van der Waals surface area contributed by atoms with Crippen molar-refractivity contribution < 1.29 is 8.42 Å². The highest BCUT2D eigenvalue weighted by atomic mass is 32.2. The van der Waals surface area contributed by atoms with E-state index in [1.807, 2.05) is 60.8 Å². The van der Waals surface area contributed by atoms with E-state index in [9.17, 15) is 8.42 Å². The number of rotatable bonds is 13. The average molecular weight is 495 g/mol. The number of hydrogen-bond donors (Lipinski definition) is 3. The van der Waals surface area contributed by atoms with Gasteiger partial charge in [0.25, 0.3) is 0 Å². The second-order valence-corrected chi connectivity index (χ2v) is 10.6. The van der Waals surface area contributed by atoms with Gasteiger partial charge in [-0.3, -0.25) is 5.10 Å². The third-order valence-corrected chi connectivity index (χ3v) is 7.81. The van der Waals surface area contributed by atoms with Crippen LogP contribution in [0.4, 0.5) is 0 Å². The summed E-state index contributed by atoms with van der Waals surface area (Å²) < 4.78 is 28.9. The van der Waals surface area contributed by atoms with Crippen LogP contribution in [-0.4, -0.2) is 58.9 Å². The van der Waals surface area contributed by atoms with Gasteiger partial charge in [0.1, 0.15) is 5.82 Å². The van der Waals surface area contributed by atoms with Crippen molar-refractivity contribution in [3.8, 4) is 11.4 Å².